The lowest BCUT2D eigenvalue weighted by atomic mass is 10.2. The number of benzene rings is 3. The normalized spacial score (nSPS) is 10.9. The highest BCUT2D eigenvalue weighted by atomic mass is 32.2. The summed E-state index contributed by atoms with van der Waals surface area (Å²) in [6.07, 6.45) is 0. The number of halogens is 1. The van der Waals surface area contributed by atoms with E-state index in [4.69, 9.17) is 0 Å². The molecule has 0 aliphatic carbocycles. The first-order valence-electron chi connectivity index (χ1n) is 8.87. The monoisotopic (exact) mass is 391 g/mol. The molecule has 0 atom stereocenters. The van der Waals surface area contributed by atoms with Gasteiger partial charge in [-0.1, -0.05) is 66.4 Å². The average Bonchev–Trinajstić information content (AvgIpc) is 3.06. The van der Waals surface area contributed by atoms with Crippen molar-refractivity contribution in [2.45, 2.75) is 11.7 Å². The number of amides is 1. The smallest absolute Gasteiger partial charge is 0.234 e. The molecule has 0 radical (unpaired) electrons. The van der Waals surface area contributed by atoms with Gasteiger partial charge in [-0.05, 0) is 29.8 Å². The molecule has 1 N–H and O–H groups in total. The summed E-state index contributed by atoms with van der Waals surface area (Å²) in [5.74, 6) is -0.572. The van der Waals surface area contributed by atoms with E-state index in [1.165, 1.54) is 17.8 Å². The number of para-hydroxylation sites is 3. The third kappa shape index (κ3) is 4.07. The molecular weight excluding hydrogens is 373 g/mol. The third-order valence-corrected chi connectivity index (χ3v) is 5.26. The van der Waals surface area contributed by atoms with Crippen LogP contribution in [0.1, 0.15) is 5.56 Å². The number of thioether (sulfide) groups is 1. The lowest BCUT2D eigenvalue weighted by Crippen LogP contribution is -2.15. The molecule has 1 heterocycles. The van der Waals surface area contributed by atoms with Crippen LogP contribution in [0.15, 0.2) is 84.0 Å². The fraction of sp³-hybridized carbons (Fsp3) is 0.0909. The van der Waals surface area contributed by atoms with Crippen LogP contribution in [0.4, 0.5) is 10.1 Å². The van der Waals surface area contributed by atoms with Crippen LogP contribution in [0.5, 0.6) is 0 Å². The predicted molar refractivity (Wildman–Crippen MR) is 111 cm³/mol. The minimum Gasteiger partial charge on any atom is -0.323 e. The second-order valence-electron chi connectivity index (χ2n) is 6.27. The van der Waals surface area contributed by atoms with Crippen molar-refractivity contribution in [1.29, 1.82) is 0 Å². The largest absolute Gasteiger partial charge is 0.323 e. The number of imidazole rings is 1. The Labute approximate surface area is 166 Å². The predicted octanol–water partition coefficient (Wildman–Crippen LogP) is 4.95. The zero-order valence-corrected chi connectivity index (χ0v) is 15.8. The molecule has 1 aromatic heterocycles. The molecule has 0 aliphatic heterocycles. The van der Waals surface area contributed by atoms with Gasteiger partial charge in [-0.25, -0.2) is 9.37 Å². The lowest BCUT2D eigenvalue weighted by molar-refractivity contribution is -0.113. The molecule has 1 amide bonds. The minimum absolute atomic E-state index is 0.145. The number of hydrogen-bond acceptors (Lipinski definition) is 3. The Bertz CT molecular complexity index is 1110. The van der Waals surface area contributed by atoms with Gasteiger partial charge in [0.2, 0.25) is 5.91 Å². The molecule has 6 heteroatoms. The van der Waals surface area contributed by atoms with Crippen molar-refractivity contribution in [2.75, 3.05) is 11.1 Å². The molecule has 0 saturated carbocycles. The van der Waals surface area contributed by atoms with E-state index in [1.54, 1.807) is 18.2 Å². The summed E-state index contributed by atoms with van der Waals surface area (Å²) in [7, 11) is 0. The highest BCUT2D eigenvalue weighted by Gasteiger charge is 2.14. The SMILES string of the molecule is O=C(CSc1nc2ccccc2n1Cc1ccccc1)Nc1ccccc1F. The molecule has 0 saturated heterocycles. The van der Waals surface area contributed by atoms with Gasteiger partial charge >= 0.3 is 0 Å². The quantitative estimate of drug-likeness (QED) is 0.473. The molecule has 0 fully saturated rings. The number of fused-ring (bicyclic) bond motifs is 1. The molecule has 4 nitrogen and oxygen atoms in total. The topological polar surface area (TPSA) is 46.9 Å². The van der Waals surface area contributed by atoms with Gasteiger partial charge < -0.3 is 9.88 Å². The Morgan fingerprint density at radius 2 is 1.68 bits per heavy atom. The highest BCUT2D eigenvalue weighted by Crippen LogP contribution is 2.25. The molecule has 140 valence electrons. The van der Waals surface area contributed by atoms with Gasteiger partial charge in [-0.15, -0.1) is 0 Å². The first kappa shape index (κ1) is 18.3. The summed E-state index contributed by atoms with van der Waals surface area (Å²) in [4.78, 5) is 17.0. The first-order valence-corrected chi connectivity index (χ1v) is 9.85. The molecule has 4 rings (SSSR count). The van der Waals surface area contributed by atoms with Crippen LogP contribution < -0.4 is 5.32 Å². The number of hydrogen-bond donors (Lipinski definition) is 1. The Morgan fingerprint density at radius 3 is 2.50 bits per heavy atom. The number of nitrogens with one attached hydrogen (secondary N) is 1. The van der Waals surface area contributed by atoms with E-state index in [1.807, 2.05) is 42.5 Å². The maximum atomic E-state index is 13.7. The van der Waals surface area contributed by atoms with Crippen molar-refractivity contribution in [1.82, 2.24) is 9.55 Å². The minimum atomic E-state index is -0.447. The van der Waals surface area contributed by atoms with Gasteiger partial charge in [0.05, 0.1) is 29.0 Å². The average molecular weight is 391 g/mol. The fourth-order valence-corrected chi connectivity index (χ4v) is 3.78. The van der Waals surface area contributed by atoms with Crippen LogP contribution in [-0.4, -0.2) is 21.2 Å². The summed E-state index contributed by atoms with van der Waals surface area (Å²) < 4.78 is 15.8. The van der Waals surface area contributed by atoms with E-state index in [0.29, 0.717) is 6.54 Å². The number of rotatable bonds is 6. The third-order valence-electron chi connectivity index (χ3n) is 4.28. The molecule has 0 aliphatic rings. The highest BCUT2D eigenvalue weighted by molar-refractivity contribution is 7.99. The van der Waals surface area contributed by atoms with E-state index in [2.05, 4.69) is 27.0 Å². The van der Waals surface area contributed by atoms with Crippen molar-refractivity contribution in [3.8, 4) is 0 Å². The van der Waals surface area contributed by atoms with Gasteiger partial charge in [0.15, 0.2) is 5.16 Å². The van der Waals surface area contributed by atoms with Crippen molar-refractivity contribution in [2.24, 2.45) is 0 Å². The number of carbonyl (C=O) groups is 1. The van der Waals surface area contributed by atoms with E-state index < -0.39 is 5.82 Å². The lowest BCUT2D eigenvalue weighted by Gasteiger charge is -2.10. The van der Waals surface area contributed by atoms with Crippen LogP contribution in [0.25, 0.3) is 11.0 Å². The second-order valence-corrected chi connectivity index (χ2v) is 7.21. The van der Waals surface area contributed by atoms with Crippen LogP contribution in [0.2, 0.25) is 0 Å². The molecular formula is C22H18FN3OS. The van der Waals surface area contributed by atoms with Gasteiger partial charge in [0, 0.05) is 0 Å². The standard InChI is InChI=1S/C22H18FN3OS/c23-17-10-4-5-11-18(17)24-21(27)15-28-22-25-19-12-6-7-13-20(19)26(22)14-16-8-2-1-3-9-16/h1-13H,14-15H2,(H,24,27). The van der Waals surface area contributed by atoms with E-state index in [-0.39, 0.29) is 17.3 Å². The zero-order valence-electron chi connectivity index (χ0n) is 15.0. The summed E-state index contributed by atoms with van der Waals surface area (Å²) in [6.45, 7) is 0.665. The van der Waals surface area contributed by atoms with Gasteiger partial charge in [0.1, 0.15) is 5.82 Å². The van der Waals surface area contributed by atoms with Crippen molar-refractivity contribution in [3.63, 3.8) is 0 Å². The van der Waals surface area contributed by atoms with Crippen molar-refractivity contribution >= 4 is 34.4 Å². The van der Waals surface area contributed by atoms with Crippen LogP contribution in [0, 0.1) is 5.82 Å². The Balaban J connectivity index is 1.54. The maximum absolute atomic E-state index is 13.7. The van der Waals surface area contributed by atoms with Gasteiger partial charge in [0.25, 0.3) is 0 Å². The van der Waals surface area contributed by atoms with Gasteiger partial charge in [-0.2, -0.15) is 0 Å². The summed E-state index contributed by atoms with van der Waals surface area (Å²) >= 11 is 1.34. The van der Waals surface area contributed by atoms with E-state index >= 15 is 0 Å². The number of nitrogens with zero attached hydrogens (tertiary/aromatic N) is 2. The first-order chi connectivity index (χ1) is 13.7. The molecule has 4 aromatic rings. The summed E-state index contributed by atoms with van der Waals surface area (Å²) in [6, 6.07) is 24.2. The van der Waals surface area contributed by atoms with Crippen molar-refractivity contribution < 1.29 is 9.18 Å². The van der Waals surface area contributed by atoms with Gasteiger partial charge in [-0.3, -0.25) is 4.79 Å². The Hall–Kier alpha value is -3.12. The Kier molecular flexibility index (Phi) is 5.39. The zero-order chi connectivity index (χ0) is 19.3. The van der Waals surface area contributed by atoms with E-state index in [9.17, 15) is 9.18 Å². The second kappa shape index (κ2) is 8.27. The summed E-state index contributed by atoms with van der Waals surface area (Å²) in [5.41, 5.74) is 3.24. The maximum Gasteiger partial charge on any atom is 0.234 e. The van der Waals surface area contributed by atoms with Crippen molar-refractivity contribution in [3.05, 3.63) is 90.2 Å². The Morgan fingerprint density at radius 1 is 0.964 bits per heavy atom. The molecule has 3 aromatic carbocycles. The fourth-order valence-electron chi connectivity index (χ4n) is 2.96. The van der Waals surface area contributed by atoms with Crippen LogP contribution >= 0.6 is 11.8 Å². The molecule has 0 unspecified atom stereocenters. The van der Waals surface area contributed by atoms with Crippen LogP contribution in [0.3, 0.4) is 0 Å². The summed E-state index contributed by atoms with van der Waals surface area (Å²) in [5, 5.41) is 3.37. The number of aromatic nitrogens is 2. The van der Waals surface area contributed by atoms with E-state index in [0.717, 1.165) is 21.8 Å². The molecule has 0 bridgehead atoms. The number of anilines is 1. The number of carbonyl (C=O) groups excluding carboxylic acids is 1. The van der Waals surface area contributed by atoms with Crippen LogP contribution in [-0.2, 0) is 11.3 Å². The molecule has 0 spiro atoms. The molecule has 28 heavy (non-hydrogen) atoms.